The van der Waals surface area contributed by atoms with Crippen LogP contribution in [0.15, 0.2) is 30.3 Å². The summed E-state index contributed by atoms with van der Waals surface area (Å²) in [5.74, 6) is -5.70. The highest BCUT2D eigenvalue weighted by atomic mass is 19.4. The fraction of sp³-hybridized carbons (Fsp3) is 0.556. The number of carbonyl (C=O) groups excluding carboxylic acids is 2. The van der Waals surface area contributed by atoms with Crippen molar-refractivity contribution in [3.8, 4) is 0 Å². The Hall–Kier alpha value is -1.89. The molecule has 3 atom stereocenters. The Kier molecular flexibility index (Phi) is 5.27. The molecular formula is C18H22F3NO3. The lowest BCUT2D eigenvalue weighted by Gasteiger charge is -2.42. The van der Waals surface area contributed by atoms with Crippen molar-refractivity contribution in [3.05, 3.63) is 35.9 Å². The molecule has 0 radical (unpaired) electrons. The van der Waals surface area contributed by atoms with Gasteiger partial charge in [-0.25, -0.2) is 0 Å². The van der Waals surface area contributed by atoms with E-state index in [9.17, 15) is 27.9 Å². The first-order chi connectivity index (χ1) is 11.4. The molecule has 2 rings (SSSR count). The summed E-state index contributed by atoms with van der Waals surface area (Å²) in [6.45, 7) is 4.60. The van der Waals surface area contributed by atoms with E-state index in [1.807, 2.05) is 0 Å². The summed E-state index contributed by atoms with van der Waals surface area (Å²) in [5, 5.41) is 10.4. The van der Waals surface area contributed by atoms with Crippen molar-refractivity contribution in [1.82, 2.24) is 4.90 Å². The van der Waals surface area contributed by atoms with Gasteiger partial charge in [0.2, 0.25) is 11.8 Å². The van der Waals surface area contributed by atoms with Crippen LogP contribution in [0.4, 0.5) is 13.2 Å². The number of piperidine rings is 1. The number of imide groups is 1. The topological polar surface area (TPSA) is 57.6 Å². The second-order valence-corrected chi connectivity index (χ2v) is 7.49. The lowest BCUT2D eigenvalue weighted by molar-refractivity contribution is -0.219. The van der Waals surface area contributed by atoms with Gasteiger partial charge in [-0.3, -0.25) is 14.5 Å². The highest BCUT2D eigenvalue weighted by Crippen LogP contribution is 2.44. The van der Waals surface area contributed by atoms with Gasteiger partial charge in [-0.1, -0.05) is 51.1 Å². The van der Waals surface area contributed by atoms with Crippen molar-refractivity contribution in [2.45, 2.75) is 46.0 Å². The molecule has 4 nitrogen and oxygen atoms in total. The molecule has 1 aromatic rings. The minimum absolute atomic E-state index is 0.101. The quantitative estimate of drug-likeness (QED) is 0.846. The number of aliphatic hydroxyl groups is 1. The van der Waals surface area contributed by atoms with Gasteiger partial charge in [-0.05, 0) is 11.0 Å². The third-order valence-corrected chi connectivity index (χ3v) is 4.51. The fourth-order valence-corrected chi connectivity index (χ4v) is 3.05. The second-order valence-electron chi connectivity index (χ2n) is 7.49. The molecule has 0 aromatic heterocycles. The monoisotopic (exact) mass is 357 g/mol. The van der Waals surface area contributed by atoms with Crippen molar-refractivity contribution in [3.63, 3.8) is 0 Å². The van der Waals surface area contributed by atoms with Crippen molar-refractivity contribution in [2.75, 3.05) is 0 Å². The number of carbonyl (C=O) groups is 2. The van der Waals surface area contributed by atoms with E-state index in [0.717, 1.165) is 4.90 Å². The van der Waals surface area contributed by atoms with Crippen molar-refractivity contribution in [2.24, 2.45) is 17.3 Å². The predicted molar refractivity (Wildman–Crippen MR) is 85.1 cm³/mol. The largest absolute Gasteiger partial charge is 0.393 e. The fourth-order valence-electron chi connectivity index (χ4n) is 3.05. The van der Waals surface area contributed by atoms with Gasteiger partial charge in [0, 0.05) is 6.42 Å². The van der Waals surface area contributed by atoms with Crippen LogP contribution >= 0.6 is 0 Å². The summed E-state index contributed by atoms with van der Waals surface area (Å²) >= 11 is 0. The molecule has 1 N–H and O–H groups in total. The summed E-state index contributed by atoms with van der Waals surface area (Å²) in [5.41, 5.74) is -0.290. The molecule has 1 fully saturated rings. The number of rotatable bonds is 3. The number of alkyl halides is 3. The smallest absolute Gasteiger partial charge is 0.392 e. The van der Waals surface area contributed by atoms with Gasteiger partial charge in [-0.15, -0.1) is 0 Å². The molecule has 0 saturated carbocycles. The molecule has 1 aromatic carbocycles. The average Bonchev–Trinajstić information content (AvgIpc) is 2.49. The first kappa shape index (κ1) is 19.4. The Bertz CT molecular complexity index is 637. The van der Waals surface area contributed by atoms with Crippen LogP contribution in [0.1, 0.15) is 32.8 Å². The highest BCUT2D eigenvalue weighted by molar-refractivity contribution is 5.99. The highest BCUT2D eigenvalue weighted by Gasteiger charge is 2.57. The number of amides is 2. The van der Waals surface area contributed by atoms with Crippen LogP contribution in [0.25, 0.3) is 0 Å². The zero-order chi connectivity index (χ0) is 19.0. The predicted octanol–water partition coefficient (Wildman–Crippen LogP) is 3.15. The van der Waals surface area contributed by atoms with Crippen LogP contribution in [-0.4, -0.2) is 34.1 Å². The van der Waals surface area contributed by atoms with E-state index in [4.69, 9.17) is 0 Å². The second kappa shape index (κ2) is 6.78. The standard InChI is InChI=1S/C18H22F3NO3/c1-17(2,3)15(24)14-12(18(19,20)21)9-13(23)22(16(14)25)10-11-7-5-4-6-8-11/h4-8,12,14-15,24H,9-10H2,1-3H3/t12-,14-,15+/m0/s1. The van der Waals surface area contributed by atoms with Gasteiger partial charge in [0.05, 0.1) is 24.5 Å². The molecule has 0 spiro atoms. The van der Waals surface area contributed by atoms with Gasteiger partial charge >= 0.3 is 6.18 Å². The van der Waals surface area contributed by atoms with E-state index >= 15 is 0 Å². The molecule has 0 unspecified atom stereocenters. The van der Waals surface area contributed by atoms with E-state index in [1.54, 1.807) is 51.1 Å². The molecule has 1 aliphatic rings. The summed E-state index contributed by atoms with van der Waals surface area (Å²) in [6.07, 6.45) is -7.08. The lowest BCUT2D eigenvalue weighted by Crippen LogP contribution is -2.57. The lowest BCUT2D eigenvalue weighted by atomic mass is 9.72. The molecular weight excluding hydrogens is 335 g/mol. The van der Waals surface area contributed by atoms with Crippen molar-refractivity contribution < 1.29 is 27.9 Å². The summed E-state index contributed by atoms with van der Waals surface area (Å²) in [7, 11) is 0. The Morgan fingerprint density at radius 1 is 1.16 bits per heavy atom. The number of nitrogens with zero attached hydrogens (tertiary/aromatic N) is 1. The van der Waals surface area contributed by atoms with Crippen LogP contribution in [0, 0.1) is 17.3 Å². The number of benzene rings is 1. The molecule has 1 heterocycles. The van der Waals surface area contributed by atoms with Crippen LogP contribution in [0.3, 0.4) is 0 Å². The summed E-state index contributed by atoms with van der Waals surface area (Å²) in [6, 6.07) is 8.56. The number of hydrogen-bond donors (Lipinski definition) is 1. The van der Waals surface area contributed by atoms with E-state index in [0.29, 0.717) is 5.56 Å². The molecule has 1 saturated heterocycles. The van der Waals surface area contributed by atoms with E-state index in [1.165, 1.54) is 0 Å². The number of hydrogen-bond acceptors (Lipinski definition) is 3. The minimum atomic E-state index is -4.74. The van der Waals surface area contributed by atoms with Crippen LogP contribution in [0.5, 0.6) is 0 Å². The zero-order valence-corrected chi connectivity index (χ0v) is 14.4. The van der Waals surface area contributed by atoms with Gasteiger partial charge in [0.15, 0.2) is 0 Å². The molecule has 25 heavy (non-hydrogen) atoms. The van der Waals surface area contributed by atoms with Crippen molar-refractivity contribution in [1.29, 1.82) is 0 Å². The van der Waals surface area contributed by atoms with Gasteiger partial charge in [0.25, 0.3) is 0 Å². The molecule has 1 aliphatic heterocycles. The Balaban J connectivity index is 2.37. The maximum Gasteiger partial charge on any atom is 0.393 e. The zero-order valence-electron chi connectivity index (χ0n) is 14.4. The first-order valence-electron chi connectivity index (χ1n) is 8.06. The first-order valence-corrected chi connectivity index (χ1v) is 8.06. The Morgan fingerprint density at radius 3 is 2.20 bits per heavy atom. The molecule has 0 aliphatic carbocycles. The summed E-state index contributed by atoms with van der Waals surface area (Å²) < 4.78 is 40.2. The van der Waals surface area contributed by atoms with Crippen LogP contribution < -0.4 is 0 Å². The maximum atomic E-state index is 13.4. The van der Waals surface area contributed by atoms with Crippen LogP contribution in [-0.2, 0) is 16.1 Å². The Morgan fingerprint density at radius 2 is 1.72 bits per heavy atom. The molecule has 138 valence electrons. The number of halogens is 3. The van der Waals surface area contributed by atoms with E-state index in [-0.39, 0.29) is 6.54 Å². The SMILES string of the molecule is CC(C)(C)[C@H](O)[C@H]1C(=O)N(Cc2ccccc2)C(=O)C[C@@H]1C(F)(F)F. The van der Waals surface area contributed by atoms with Crippen LogP contribution in [0.2, 0.25) is 0 Å². The van der Waals surface area contributed by atoms with Gasteiger partial charge < -0.3 is 5.11 Å². The Labute approximate surface area is 144 Å². The third kappa shape index (κ3) is 4.21. The average molecular weight is 357 g/mol. The normalized spacial score (nSPS) is 23.7. The maximum absolute atomic E-state index is 13.4. The molecule has 2 amide bonds. The number of aliphatic hydroxyl groups excluding tert-OH is 1. The van der Waals surface area contributed by atoms with E-state index in [2.05, 4.69) is 0 Å². The molecule has 0 bridgehead atoms. The summed E-state index contributed by atoms with van der Waals surface area (Å²) in [4.78, 5) is 25.8. The van der Waals surface area contributed by atoms with Gasteiger partial charge in [0.1, 0.15) is 0 Å². The van der Waals surface area contributed by atoms with Crippen molar-refractivity contribution >= 4 is 11.8 Å². The van der Waals surface area contributed by atoms with E-state index < -0.39 is 47.8 Å². The molecule has 7 heteroatoms. The third-order valence-electron chi connectivity index (χ3n) is 4.51. The minimum Gasteiger partial charge on any atom is -0.392 e. The van der Waals surface area contributed by atoms with Gasteiger partial charge in [-0.2, -0.15) is 13.2 Å². The number of likely N-dealkylation sites (tertiary alicyclic amines) is 1.